The van der Waals surface area contributed by atoms with Crippen LogP contribution in [0.15, 0.2) is 23.6 Å². The van der Waals surface area contributed by atoms with Gasteiger partial charge in [0, 0.05) is 17.6 Å². The van der Waals surface area contributed by atoms with Crippen molar-refractivity contribution in [3.05, 3.63) is 51.5 Å². The number of aromatic nitrogens is 1. The number of halogens is 2. The number of thiazole rings is 1. The Balaban J connectivity index is 2.08. The van der Waals surface area contributed by atoms with Crippen molar-refractivity contribution in [3.63, 3.8) is 0 Å². The van der Waals surface area contributed by atoms with Crippen molar-refractivity contribution in [3.8, 4) is 0 Å². The van der Waals surface area contributed by atoms with Gasteiger partial charge in [0.2, 0.25) is 0 Å². The van der Waals surface area contributed by atoms with Gasteiger partial charge in [-0.3, -0.25) is 0 Å². The second kappa shape index (κ2) is 6.81. The summed E-state index contributed by atoms with van der Waals surface area (Å²) in [5, 5.41) is 16.4. The highest BCUT2D eigenvalue weighted by atomic mass is 32.1. The summed E-state index contributed by atoms with van der Waals surface area (Å²) >= 11 is 1.57. The fraction of sp³-hybridized carbons (Fsp3) is 0.438. The smallest absolute Gasteiger partial charge is 0.159 e. The van der Waals surface area contributed by atoms with Crippen LogP contribution >= 0.6 is 11.3 Å². The second-order valence-electron chi connectivity index (χ2n) is 5.55. The Labute approximate surface area is 133 Å². The molecule has 1 aromatic heterocycles. The maximum absolute atomic E-state index is 13.2. The van der Waals surface area contributed by atoms with E-state index in [4.69, 9.17) is 0 Å². The molecular weight excluding hydrogens is 306 g/mol. The van der Waals surface area contributed by atoms with E-state index in [9.17, 15) is 13.9 Å². The Hall–Kier alpha value is -1.37. The predicted octanol–water partition coefficient (Wildman–Crippen LogP) is 3.68. The van der Waals surface area contributed by atoms with Crippen LogP contribution in [0.2, 0.25) is 0 Å². The first-order valence-electron chi connectivity index (χ1n) is 7.16. The molecule has 0 saturated carbocycles. The summed E-state index contributed by atoms with van der Waals surface area (Å²) in [7, 11) is 0. The minimum Gasteiger partial charge on any atom is -0.387 e. The molecule has 0 amide bonds. The van der Waals surface area contributed by atoms with Crippen LogP contribution in [0.3, 0.4) is 0 Å². The molecule has 0 bridgehead atoms. The van der Waals surface area contributed by atoms with Crippen LogP contribution in [0.4, 0.5) is 8.78 Å². The topological polar surface area (TPSA) is 45.1 Å². The Morgan fingerprint density at radius 2 is 2.09 bits per heavy atom. The molecule has 0 radical (unpaired) electrons. The molecule has 0 aliphatic heterocycles. The van der Waals surface area contributed by atoms with Crippen molar-refractivity contribution in [2.75, 3.05) is 6.54 Å². The van der Waals surface area contributed by atoms with Crippen LogP contribution in [0.25, 0.3) is 0 Å². The van der Waals surface area contributed by atoms with Crippen LogP contribution in [0.1, 0.15) is 42.6 Å². The summed E-state index contributed by atoms with van der Waals surface area (Å²) in [6.45, 7) is 6.22. The molecule has 6 heteroatoms. The average molecular weight is 326 g/mol. The summed E-state index contributed by atoms with van der Waals surface area (Å²) in [5.41, 5.74) is 0.946. The van der Waals surface area contributed by atoms with E-state index in [2.05, 4.69) is 10.3 Å². The lowest BCUT2D eigenvalue weighted by molar-refractivity contribution is 0.156. The maximum Gasteiger partial charge on any atom is 0.159 e. The summed E-state index contributed by atoms with van der Waals surface area (Å²) in [5.74, 6) is -1.87. The van der Waals surface area contributed by atoms with Gasteiger partial charge in [0.05, 0.1) is 11.6 Å². The highest BCUT2D eigenvalue weighted by molar-refractivity contribution is 7.09. The fourth-order valence-electron chi connectivity index (χ4n) is 2.12. The van der Waals surface area contributed by atoms with Crippen molar-refractivity contribution >= 4 is 11.3 Å². The molecule has 2 atom stereocenters. The van der Waals surface area contributed by atoms with Crippen LogP contribution in [0.5, 0.6) is 0 Å². The molecule has 0 aliphatic carbocycles. The minimum absolute atomic E-state index is 0.230. The lowest BCUT2D eigenvalue weighted by Crippen LogP contribution is -2.41. The van der Waals surface area contributed by atoms with E-state index < -0.39 is 17.7 Å². The summed E-state index contributed by atoms with van der Waals surface area (Å²) in [4.78, 5) is 4.49. The molecule has 0 fully saturated rings. The molecule has 1 heterocycles. The van der Waals surface area contributed by atoms with Crippen molar-refractivity contribution in [1.29, 1.82) is 0 Å². The van der Waals surface area contributed by atoms with Gasteiger partial charge in [0.25, 0.3) is 0 Å². The SMILES string of the molecule is CCC(C)(NCC(O)c1ccc(F)c(F)c1)c1nc(C)cs1. The number of aliphatic hydroxyl groups is 1. The van der Waals surface area contributed by atoms with Crippen LogP contribution in [0, 0.1) is 18.6 Å². The van der Waals surface area contributed by atoms with E-state index in [0.29, 0.717) is 5.56 Å². The Morgan fingerprint density at radius 3 is 2.64 bits per heavy atom. The van der Waals surface area contributed by atoms with Gasteiger partial charge in [0.1, 0.15) is 5.01 Å². The third kappa shape index (κ3) is 3.69. The zero-order chi connectivity index (χ0) is 16.3. The van der Waals surface area contributed by atoms with E-state index in [1.165, 1.54) is 6.07 Å². The predicted molar refractivity (Wildman–Crippen MR) is 83.8 cm³/mol. The number of nitrogens with one attached hydrogen (secondary N) is 1. The van der Waals surface area contributed by atoms with Gasteiger partial charge in [0.15, 0.2) is 11.6 Å². The molecule has 2 rings (SSSR count). The molecule has 120 valence electrons. The Kier molecular flexibility index (Phi) is 5.26. The number of hydrogen-bond acceptors (Lipinski definition) is 4. The van der Waals surface area contributed by atoms with E-state index >= 15 is 0 Å². The Morgan fingerprint density at radius 1 is 1.36 bits per heavy atom. The van der Waals surface area contributed by atoms with Crippen molar-refractivity contribution in [2.45, 2.75) is 38.8 Å². The van der Waals surface area contributed by atoms with Gasteiger partial charge in [-0.15, -0.1) is 11.3 Å². The van der Waals surface area contributed by atoms with Crippen molar-refractivity contribution in [2.24, 2.45) is 0 Å². The monoisotopic (exact) mass is 326 g/mol. The number of aliphatic hydroxyl groups excluding tert-OH is 1. The normalized spacial score (nSPS) is 15.5. The minimum atomic E-state index is -0.953. The number of hydrogen-bond donors (Lipinski definition) is 2. The molecule has 22 heavy (non-hydrogen) atoms. The first kappa shape index (κ1) is 17.0. The maximum atomic E-state index is 13.2. The molecule has 2 unspecified atom stereocenters. The van der Waals surface area contributed by atoms with Gasteiger partial charge in [-0.05, 0) is 38.0 Å². The molecule has 0 spiro atoms. The number of nitrogens with zero attached hydrogens (tertiary/aromatic N) is 1. The molecule has 3 nitrogen and oxygen atoms in total. The van der Waals surface area contributed by atoms with Crippen LogP contribution in [-0.2, 0) is 5.54 Å². The quantitative estimate of drug-likeness (QED) is 0.851. The third-order valence-electron chi connectivity index (χ3n) is 3.81. The summed E-state index contributed by atoms with van der Waals surface area (Å²) in [6, 6.07) is 3.44. The molecule has 2 aromatic rings. The second-order valence-corrected chi connectivity index (χ2v) is 6.41. The van der Waals surface area contributed by atoms with Gasteiger partial charge in [-0.1, -0.05) is 13.0 Å². The molecule has 0 aliphatic rings. The lowest BCUT2D eigenvalue weighted by Gasteiger charge is -2.29. The van der Waals surface area contributed by atoms with Gasteiger partial charge in [-0.25, -0.2) is 13.8 Å². The zero-order valence-corrected chi connectivity index (χ0v) is 13.7. The fourth-order valence-corrected chi connectivity index (χ4v) is 3.13. The molecular formula is C16H20F2N2OS. The molecule has 1 aromatic carbocycles. The summed E-state index contributed by atoms with van der Waals surface area (Å²) in [6.07, 6.45) is -0.119. The van der Waals surface area contributed by atoms with E-state index in [-0.39, 0.29) is 12.1 Å². The van der Waals surface area contributed by atoms with E-state index in [0.717, 1.165) is 29.3 Å². The number of benzene rings is 1. The van der Waals surface area contributed by atoms with E-state index in [1.807, 2.05) is 26.2 Å². The van der Waals surface area contributed by atoms with Crippen LogP contribution in [-0.4, -0.2) is 16.6 Å². The first-order chi connectivity index (χ1) is 10.4. The number of rotatable bonds is 6. The largest absolute Gasteiger partial charge is 0.387 e. The first-order valence-corrected chi connectivity index (χ1v) is 8.04. The van der Waals surface area contributed by atoms with Gasteiger partial charge >= 0.3 is 0 Å². The van der Waals surface area contributed by atoms with Crippen molar-refractivity contribution < 1.29 is 13.9 Å². The highest BCUT2D eigenvalue weighted by Crippen LogP contribution is 2.28. The van der Waals surface area contributed by atoms with Crippen molar-refractivity contribution in [1.82, 2.24) is 10.3 Å². The zero-order valence-electron chi connectivity index (χ0n) is 12.9. The lowest BCUT2D eigenvalue weighted by atomic mass is 9.98. The standard InChI is InChI=1S/C16H20F2N2OS/c1-4-16(3,15-20-10(2)9-22-15)19-8-14(21)11-5-6-12(17)13(18)7-11/h5-7,9,14,19,21H,4,8H2,1-3H3. The summed E-state index contributed by atoms with van der Waals surface area (Å²) < 4.78 is 26.2. The molecule has 2 N–H and O–H groups in total. The molecule has 0 saturated heterocycles. The number of aryl methyl sites for hydroxylation is 1. The van der Waals surface area contributed by atoms with Crippen LogP contribution < -0.4 is 5.32 Å². The highest BCUT2D eigenvalue weighted by Gasteiger charge is 2.28. The third-order valence-corrected chi connectivity index (χ3v) is 5.04. The average Bonchev–Trinajstić information content (AvgIpc) is 2.94. The van der Waals surface area contributed by atoms with Gasteiger partial charge in [-0.2, -0.15) is 0 Å². The Bertz CT molecular complexity index is 647. The van der Waals surface area contributed by atoms with E-state index in [1.54, 1.807) is 11.3 Å². The van der Waals surface area contributed by atoms with Gasteiger partial charge < -0.3 is 10.4 Å².